The van der Waals surface area contributed by atoms with E-state index >= 15 is 0 Å². The van der Waals surface area contributed by atoms with Gasteiger partial charge in [-0.15, -0.1) is 0 Å². The standard InChI is InChI=1S/C15H12FN3O4/c16-11-6-2-1-5-10(11)9-17-14(20)15(21)18-12-7-3-4-8-13(12)19(22)23/h1-8H,9H2,(H,17,20)(H,18,21). The zero-order valence-corrected chi connectivity index (χ0v) is 11.8. The van der Waals surface area contributed by atoms with Crippen LogP contribution in [0.15, 0.2) is 48.5 Å². The van der Waals surface area contributed by atoms with E-state index in [0.717, 1.165) is 0 Å². The quantitative estimate of drug-likeness (QED) is 0.511. The van der Waals surface area contributed by atoms with Gasteiger partial charge in [-0.2, -0.15) is 0 Å². The molecule has 0 bridgehead atoms. The molecule has 0 atom stereocenters. The summed E-state index contributed by atoms with van der Waals surface area (Å²) in [5, 5.41) is 15.2. The van der Waals surface area contributed by atoms with E-state index in [4.69, 9.17) is 0 Å². The van der Waals surface area contributed by atoms with Crippen molar-refractivity contribution in [2.24, 2.45) is 0 Å². The van der Waals surface area contributed by atoms with E-state index in [1.807, 2.05) is 0 Å². The summed E-state index contributed by atoms with van der Waals surface area (Å²) in [4.78, 5) is 33.6. The molecule has 23 heavy (non-hydrogen) atoms. The molecule has 0 aliphatic rings. The number of amides is 2. The Morgan fingerprint density at radius 3 is 2.39 bits per heavy atom. The summed E-state index contributed by atoms with van der Waals surface area (Å²) < 4.78 is 13.4. The van der Waals surface area contributed by atoms with E-state index in [1.54, 1.807) is 6.07 Å². The molecule has 2 aromatic carbocycles. The van der Waals surface area contributed by atoms with Gasteiger partial charge in [0.1, 0.15) is 11.5 Å². The molecular weight excluding hydrogens is 305 g/mol. The number of nitro benzene ring substituents is 1. The fourth-order valence-corrected chi connectivity index (χ4v) is 1.82. The second kappa shape index (κ2) is 7.12. The van der Waals surface area contributed by atoms with Crippen LogP contribution in [0.1, 0.15) is 5.56 Å². The molecule has 0 unspecified atom stereocenters. The number of nitro groups is 1. The summed E-state index contributed by atoms with van der Waals surface area (Å²) in [5.41, 5.74) is -0.203. The Morgan fingerprint density at radius 2 is 1.70 bits per heavy atom. The minimum absolute atomic E-state index is 0.0939. The van der Waals surface area contributed by atoms with Crippen molar-refractivity contribution in [2.75, 3.05) is 5.32 Å². The summed E-state index contributed by atoms with van der Waals surface area (Å²) in [6, 6.07) is 11.2. The van der Waals surface area contributed by atoms with Crippen LogP contribution in [0.2, 0.25) is 0 Å². The third-order valence-electron chi connectivity index (χ3n) is 2.95. The molecule has 0 spiro atoms. The maximum absolute atomic E-state index is 13.4. The average molecular weight is 317 g/mol. The van der Waals surface area contributed by atoms with E-state index in [0.29, 0.717) is 0 Å². The molecule has 0 aromatic heterocycles. The zero-order chi connectivity index (χ0) is 16.8. The maximum atomic E-state index is 13.4. The van der Waals surface area contributed by atoms with Gasteiger partial charge in [0.15, 0.2) is 0 Å². The minimum Gasteiger partial charge on any atom is -0.344 e. The number of benzene rings is 2. The summed E-state index contributed by atoms with van der Waals surface area (Å²) in [7, 11) is 0. The first-order chi connectivity index (χ1) is 11.0. The third kappa shape index (κ3) is 4.10. The molecule has 0 radical (unpaired) electrons. The minimum atomic E-state index is -1.07. The van der Waals surface area contributed by atoms with E-state index in [9.17, 15) is 24.1 Å². The highest BCUT2D eigenvalue weighted by Gasteiger charge is 2.19. The Labute approximate surface area is 130 Å². The molecule has 7 nitrogen and oxygen atoms in total. The van der Waals surface area contributed by atoms with Gasteiger partial charge in [-0.05, 0) is 12.1 Å². The van der Waals surface area contributed by atoms with Crippen LogP contribution in [0.5, 0.6) is 0 Å². The topological polar surface area (TPSA) is 101 Å². The van der Waals surface area contributed by atoms with Crippen LogP contribution in [0.3, 0.4) is 0 Å². The number of hydrogen-bond acceptors (Lipinski definition) is 4. The van der Waals surface area contributed by atoms with Crippen molar-refractivity contribution in [1.29, 1.82) is 0 Å². The number of anilines is 1. The second-order valence-corrected chi connectivity index (χ2v) is 4.50. The number of carbonyl (C=O) groups is 2. The van der Waals surface area contributed by atoms with Crippen molar-refractivity contribution >= 4 is 23.2 Å². The summed E-state index contributed by atoms with van der Waals surface area (Å²) in [5.74, 6) is -2.60. The molecule has 2 aromatic rings. The van der Waals surface area contributed by atoms with E-state index < -0.39 is 22.6 Å². The van der Waals surface area contributed by atoms with Crippen LogP contribution in [0, 0.1) is 15.9 Å². The van der Waals surface area contributed by atoms with Crippen molar-refractivity contribution in [1.82, 2.24) is 5.32 Å². The zero-order valence-electron chi connectivity index (χ0n) is 11.8. The molecule has 0 saturated heterocycles. The molecule has 0 saturated carbocycles. The van der Waals surface area contributed by atoms with Crippen LogP contribution < -0.4 is 10.6 Å². The lowest BCUT2D eigenvalue weighted by Gasteiger charge is -2.07. The number of para-hydroxylation sites is 2. The van der Waals surface area contributed by atoms with Gasteiger partial charge >= 0.3 is 11.8 Å². The third-order valence-corrected chi connectivity index (χ3v) is 2.95. The Hall–Kier alpha value is -3.29. The monoisotopic (exact) mass is 317 g/mol. The van der Waals surface area contributed by atoms with Gasteiger partial charge in [-0.1, -0.05) is 30.3 Å². The predicted molar refractivity (Wildman–Crippen MR) is 80.0 cm³/mol. The second-order valence-electron chi connectivity index (χ2n) is 4.50. The molecule has 2 rings (SSSR count). The first kappa shape index (κ1) is 16.1. The van der Waals surface area contributed by atoms with Crippen LogP contribution in [-0.4, -0.2) is 16.7 Å². The number of carbonyl (C=O) groups excluding carboxylic acids is 2. The number of nitrogens with one attached hydrogen (secondary N) is 2. The van der Waals surface area contributed by atoms with E-state index in [1.165, 1.54) is 42.5 Å². The summed E-state index contributed by atoms with van der Waals surface area (Å²) >= 11 is 0. The molecule has 2 amide bonds. The smallest absolute Gasteiger partial charge is 0.313 e. The maximum Gasteiger partial charge on any atom is 0.313 e. The fourth-order valence-electron chi connectivity index (χ4n) is 1.82. The average Bonchev–Trinajstić information content (AvgIpc) is 2.54. The number of rotatable bonds is 4. The highest BCUT2D eigenvalue weighted by molar-refractivity contribution is 6.39. The number of halogens is 1. The lowest BCUT2D eigenvalue weighted by Crippen LogP contribution is -2.35. The van der Waals surface area contributed by atoms with Crippen molar-refractivity contribution in [3.8, 4) is 0 Å². The molecule has 8 heteroatoms. The summed E-state index contributed by atoms with van der Waals surface area (Å²) in [6.45, 7) is -0.171. The normalized spacial score (nSPS) is 9.96. The Balaban J connectivity index is 2.00. The molecule has 0 heterocycles. The van der Waals surface area contributed by atoms with Gasteiger partial charge in [-0.25, -0.2) is 4.39 Å². The van der Waals surface area contributed by atoms with Crippen LogP contribution in [-0.2, 0) is 16.1 Å². The Bertz CT molecular complexity index is 764. The molecular formula is C15H12FN3O4. The Morgan fingerprint density at radius 1 is 1.04 bits per heavy atom. The van der Waals surface area contributed by atoms with Crippen molar-refractivity contribution in [3.05, 3.63) is 70.0 Å². The van der Waals surface area contributed by atoms with Gasteiger partial charge in [0, 0.05) is 18.2 Å². The van der Waals surface area contributed by atoms with Crippen LogP contribution in [0.4, 0.5) is 15.8 Å². The number of nitrogens with zero attached hydrogens (tertiary/aromatic N) is 1. The van der Waals surface area contributed by atoms with Gasteiger partial charge in [-0.3, -0.25) is 19.7 Å². The highest BCUT2D eigenvalue weighted by atomic mass is 19.1. The fraction of sp³-hybridized carbons (Fsp3) is 0.0667. The van der Waals surface area contributed by atoms with Crippen LogP contribution in [0.25, 0.3) is 0 Å². The van der Waals surface area contributed by atoms with Gasteiger partial charge in [0.05, 0.1) is 4.92 Å². The molecule has 0 fully saturated rings. The first-order valence-electron chi connectivity index (χ1n) is 6.55. The van der Waals surface area contributed by atoms with E-state index in [2.05, 4.69) is 10.6 Å². The summed E-state index contributed by atoms with van der Waals surface area (Å²) in [6.07, 6.45) is 0. The number of hydrogen-bond donors (Lipinski definition) is 2. The molecule has 0 aliphatic carbocycles. The van der Waals surface area contributed by atoms with Crippen molar-refractivity contribution < 1.29 is 18.9 Å². The Kier molecular flexibility index (Phi) is 4.98. The molecule has 0 aliphatic heterocycles. The largest absolute Gasteiger partial charge is 0.344 e. The SMILES string of the molecule is O=C(NCc1ccccc1F)C(=O)Nc1ccccc1[N+](=O)[O-]. The predicted octanol–water partition coefficient (Wildman–Crippen LogP) is 1.99. The lowest BCUT2D eigenvalue weighted by atomic mass is 10.2. The first-order valence-corrected chi connectivity index (χ1v) is 6.55. The van der Waals surface area contributed by atoms with E-state index in [-0.39, 0.29) is 23.5 Å². The van der Waals surface area contributed by atoms with Crippen LogP contribution >= 0.6 is 0 Å². The van der Waals surface area contributed by atoms with Gasteiger partial charge in [0.2, 0.25) is 0 Å². The van der Waals surface area contributed by atoms with Crippen molar-refractivity contribution in [2.45, 2.75) is 6.54 Å². The molecule has 118 valence electrons. The van der Waals surface area contributed by atoms with Gasteiger partial charge in [0.25, 0.3) is 5.69 Å². The molecule has 2 N–H and O–H groups in total. The van der Waals surface area contributed by atoms with Crippen molar-refractivity contribution in [3.63, 3.8) is 0 Å². The van der Waals surface area contributed by atoms with Gasteiger partial charge < -0.3 is 10.6 Å². The lowest BCUT2D eigenvalue weighted by molar-refractivity contribution is -0.383. The highest BCUT2D eigenvalue weighted by Crippen LogP contribution is 2.22.